The molecule has 0 atom stereocenters. The Bertz CT molecular complexity index is 805. The van der Waals surface area contributed by atoms with Gasteiger partial charge in [0.1, 0.15) is 11.5 Å². The lowest BCUT2D eigenvalue weighted by atomic mass is 10.1. The van der Waals surface area contributed by atoms with Gasteiger partial charge in [-0.1, -0.05) is 19.4 Å². The van der Waals surface area contributed by atoms with Crippen molar-refractivity contribution in [1.82, 2.24) is 0 Å². The van der Waals surface area contributed by atoms with Crippen LogP contribution in [0, 0.1) is 17.0 Å². The van der Waals surface area contributed by atoms with E-state index in [-0.39, 0.29) is 11.3 Å². The maximum atomic E-state index is 12.7. The largest absolute Gasteiger partial charge is 0.497 e. The highest BCUT2D eigenvalue weighted by Gasteiger charge is 2.19. The van der Waals surface area contributed by atoms with E-state index in [0.29, 0.717) is 29.4 Å². The number of rotatable bonds is 8. The Morgan fingerprint density at radius 2 is 2.04 bits per heavy atom. The second-order valence-corrected chi connectivity index (χ2v) is 5.73. The zero-order chi connectivity index (χ0) is 19.1. The molecule has 0 aliphatic heterocycles. The van der Waals surface area contributed by atoms with Crippen molar-refractivity contribution in [2.24, 2.45) is 0 Å². The van der Waals surface area contributed by atoms with E-state index in [1.165, 1.54) is 19.2 Å². The quantitative estimate of drug-likeness (QED) is 0.430. The van der Waals surface area contributed by atoms with Crippen LogP contribution >= 0.6 is 0 Å². The van der Waals surface area contributed by atoms with Crippen molar-refractivity contribution in [2.45, 2.75) is 26.7 Å². The number of unbranched alkanes of at least 4 members (excludes halogenated alkanes) is 1. The smallest absolute Gasteiger partial charge is 0.273 e. The fraction of sp³-hybridized carbons (Fsp3) is 0.316. The Hall–Kier alpha value is -3.09. The Labute approximate surface area is 152 Å². The number of amides is 1. The lowest BCUT2D eigenvalue weighted by Crippen LogP contribution is -2.15. The molecule has 7 heteroatoms. The van der Waals surface area contributed by atoms with Crippen molar-refractivity contribution in [3.63, 3.8) is 0 Å². The van der Waals surface area contributed by atoms with Crippen LogP contribution < -0.4 is 14.8 Å². The van der Waals surface area contributed by atoms with Gasteiger partial charge in [0.2, 0.25) is 0 Å². The molecule has 0 unspecified atom stereocenters. The Balaban J connectivity index is 2.30. The summed E-state index contributed by atoms with van der Waals surface area (Å²) in [6.45, 7) is 4.14. The summed E-state index contributed by atoms with van der Waals surface area (Å²) in [4.78, 5) is 23.2. The first kappa shape index (κ1) is 19.2. The number of carbonyl (C=O) groups excluding carboxylic acids is 1. The highest BCUT2D eigenvalue weighted by atomic mass is 16.6. The molecule has 7 nitrogen and oxygen atoms in total. The first-order chi connectivity index (χ1) is 12.5. The molecule has 0 radical (unpaired) electrons. The first-order valence-corrected chi connectivity index (χ1v) is 8.34. The summed E-state index contributed by atoms with van der Waals surface area (Å²) in [7, 11) is 1.53. The van der Waals surface area contributed by atoms with Gasteiger partial charge in [-0.3, -0.25) is 14.9 Å². The number of nitro benzene ring substituents is 1. The molecule has 2 rings (SSSR count). The normalized spacial score (nSPS) is 10.3. The van der Waals surface area contributed by atoms with Crippen LogP contribution in [-0.2, 0) is 0 Å². The topological polar surface area (TPSA) is 90.7 Å². The van der Waals surface area contributed by atoms with E-state index in [4.69, 9.17) is 9.47 Å². The Morgan fingerprint density at radius 1 is 1.27 bits per heavy atom. The van der Waals surface area contributed by atoms with Crippen molar-refractivity contribution in [3.8, 4) is 11.5 Å². The zero-order valence-corrected chi connectivity index (χ0v) is 15.1. The van der Waals surface area contributed by atoms with E-state index < -0.39 is 10.8 Å². The van der Waals surface area contributed by atoms with Crippen LogP contribution in [0.25, 0.3) is 0 Å². The number of benzene rings is 2. The van der Waals surface area contributed by atoms with E-state index >= 15 is 0 Å². The highest BCUT2D eigenvalue weighted by molar-refractivity contribution is 6.06. The fourth-order valence-electron chi connectivity index (χ4n) is 2.44. The summed E-state index contributed by atoms with van der Waals surface area (Å²) in [5.74, 6) is 0.648. The number of carbonyl (C=O) groups is 1. The third-order valence-electron chi connectivity index (χ3n) is 3.94. The Kier molecular flexibility index (Phi) is 6.54. The second kappa shape index (κ2) is 8.84. The summed E-state index contributed by atoms with van der Waals surface area (Å²) < 4.78 is 10.9. The molecule has 0 saturated carbocycles. The first-order valence-electron chi connectivity index (χ1n) is 8.34. The minimum Gasteiger partial charge on any atom is -0.497 e. The van der Waals surface area contributed by atoms with Crippen LogP contribution in [0.15, 0.2) is 36.4 Å². The van der Waals surface area contributed by atoms with Crippen LogP contribution in [0.3, 0.4) is 0 Å². The average molecular weight is 358 g/mol. The summed E-state index contributed by atoms with van der Waals surface area (Å²) in [5.41, 5.74) is 0.909. The number of methoxy groups -OCH3 is 1. The van der Waals surface area contributed by atoms with Crippen LogP contribution in [-0.4, -0.2) is 24.5 Å². The van der Waals surface area contributed by atoms with Crippen molar-refractivity contribution in [2.75, 3.05) is 19.0 Å². The minimum atomic E-state index is -0.503. The molecule has 0 bridgehead atoms. The molecular formula is C19H22N2O5. The van der Waals surface area contributed by atoms with E-state index in [2.05, 4.69) is 12.2 Å². The van der Waals surface area contributed by atoms with Crippen molar-refractivity contribution in [1.29, 1.82) is 0 Å². The van der Waals surface area contributed by atoms with Crippen molar-refractivity contribution >= 4 is 17.3 Å². The fourth-order valence-corrected chi connectivity index (χ4v) is 2.44. The number of hydrogen-bond acceptors (Lipinski definition) is 5. The minimum absolute atomic E-state index is 0.0947. The predicted octanol–water partition coefficient (Wildman–Crippen LogP) is 4.34. The summed E-state index contributed by atoms with van der Waals surface area (Å²) in [5, 5.41) is 13.8. The second-order valence-electron chi connectivity index (χ2n) is 5.73. The van der Waals surface area contributed by atoms with Gasteiger partial charge in [-0.2, -0.15) is 0 Å². The molecule has 0 aliphatic carbocycles. The van der Waals surface area contributed by atoms with Gasteiger partial charge < -0.3 is 14.8 Å². The van der Waals surface area contributed by atoms with Crippen LogP contribution in [0.5, 0.6) is 11.5 Å². The lowest BCUT2D eigenvalue weighted by Gasteiger charge is -2.14. The number of nitro groups is 1. The van der Waals surface area contributed by atoms with Crippen LogP contribution in [0.2, 0.25) is 0 Å². The summed E-state index contributed by atoms with van der Waals surface area (Å²) in [6.07, 6.45) is 1.88. The maximum absolute atomic E-state index is 12.7. The van der Waals surface area contributed by atoms with Gasteiger partial charge in [0.05, 0.1) is 24.3 Å². The number of anilines is 1. The van der Waals surface area contributed by atoms with Gasteiger partial charge >= 0.3 is 0 Å². The maximum Gasteiger partial charge on any atom is 0.273 e. The molecule has 0 heterocycles. The van der Waals surface area contributed by atoms with Crippen molar-refractivity contribution < 1.29 is 19.2 Å². The molecule has 2 aromatic carbocycles. The SMILES string of the molecule is CCCCOc1ccc(OC)cc1NC(=O)c1cccc([N+](=O)[O-])c1C. The number of nitrogens with zero attached hydrogens (tertiary/aromatic N) is 1. The third-order valence-corrected chi connectivity index (χ3v) is 3.94. The molecule has 0 fully saturated rings. The van der Waals surface area contributed by atoms with Gasteiger partial charge in [0.15, 0.2) is 0 Å². The van der Waals surface area contributed by atoms with Gasteiger partial charge in [-0.15, -0.1) is 0 Å². The molecule has 0 spiro atoms. The van der Waals surface area contributed by atoms with Gasteiger partial charge in [-0.05, 0) is 31.5 Å². The standard InChI is InChI=1S/C19H22N2O5/c1-4-5-11-26-18-10-9-14(25-3)12-16(18)20-19(22)15-7-6-8-17(13(15)2)21(23)24/h6-10,12H,4-5,11H2,1-3H3,(H,20,22). The molecular weight excluding hydrogens is 336 g/mol. The molecule has 2 aromatic rings. The molecule has 26 heavy (non-hydrogen) atoms. The molecule has 0 aliphatic rings. The highest BCUT2D eigenvalue weighted by Crippen LogP contribution is 2.30. The Morgan fingerprint density at radius 3 is 2.69 bits per heavy atom. The van der Waals surface area contributed by atoms with Gasteiger partial charge in [0.25, 0.3) is 11.6 Å². The lowest BCUT2D eigenvalue weighted by molar-refractivity contribution is -0.385. The molecule has 1 N–H and O–H groups in total. The monoisotopic (exact) mass is 358 g/mol. The summed E-state index contributed by atoms with van der Waals surface area (Å²) >= 11 is 0. The average Bonchev–Trinajstić information content (AvgIpc) is 2.62. The number of nitrogens with one attached hydrogen (secondary N) is 1. The zero-order valence-electron chi connectivity index (χ0n) is 15.1. The van der Waals surface area contributed by atoms with E-state index in [9.17, 15) is 14.9 Å². The van der Waals surface area contributed by atoms with Crippen LogP contribution in [0.1, 0.15) is 35.7 Å². The number of ether oxygens (including phenoxy) is 2. The molecule has 1 amide bonds. The molecule has 0 aromatic heterocycles. The van der Waals surface area contributed by atoms with E-state index in [1.54, 1.807) is 31.2 Å². The predicted molar refractivity (Wildman–Crippen MR) is 99.2 cm³/mol. The van der Waals surface area contributed by atoms with E-state index in [1.807, 2.05) is 0 Å². The molecule has 0 saturated heterocycles. The van der Waals surface area contributed by atoms with Crippen molar-refractivity contribution in [3.05, 3.63) is 57.6 Å². The van der Waals surface area contributed by atoms with Gasteiger partial charge in [0, 0.05) is 23.3 Å². The summed E-state index contributed by atoms with van der Waals surface area (Å²) in [6, 6.07) is 9.54. The van der Waals surface area contributed by atoms with Gasteiger partial charge in [-0.25, -0.2) is 0 Å². The third kappa shape index (κ3) is 4.50. The van der Waals surface area contributed by atoms with Crippen LogP contribution in [0.4, 0.5) is 11.4 Å². The van der Waals surface area contributed by atoms with E-state index in [0.717, 1.165) is 12.8 Å². The number of hydrogen-bond donors (Lipinski definition) is 1. The molecule has 138 valence electrons.